The molecule has 0 spiro atoms. The molecule has 1 unspecified atom stereocenters. The topological polar surface area (TPSA) is 64.1 Å². The molecule has 0 amide bonds. The summed E-state index contributed by atoms with van der Waals surface area (Å²) in [5.41, 5.74) is 10.0. The Hall–Kier alpha value is -0.660. The Kier molecular flexibility index (Phi) is 5.04. The third-order valence-electron chi connectivity index (χ3n) is 2.90. The van der Waals surface area contributed by atoms with Gasteiger partial charge >= 0.3 is 0 Å². The first-order valence-corrected chi connectivity index (χ1v) is 7.56. The van der Waals surface area contributed by atoms with Crippen LogP contribution in [0.15, 0.2) is 39.3 Å². The minimum Gasteiger partial charge on any atom is -0.398 e. The van der Waals surface area contributed by atoms with Crippen molar-refractivity contribution in [1.82, 2.24) is 5.43 Å². The Morgan fingerprint density at radius 3 is 2.50 bits per heavy atom. The smallest absolute Gasteiger partial charge is 0.148 e. The average Bonchev–Trinajstić information content (AvgIpc) is 2.43. The predicted molar refractivity (Wildman–Crippen MR) is 86.8 cm³/mol. The van der Waals surface area contributed by atoms with Gasteiger partial charge in [-0.25, -0.2) is 9.82 Å². The van der Waals surface area contributed by atoms with Gasteiger partial charge in [0.2, 0.25) is 0 Å². The molecule has 2 aromatic carbocycles. The van der Waals surface area contributed by atoms with Crippen LogP contribution >= 0.6 is 43.5 Å². The van der Waals surface area contributed by atoms with Crippen LogP contribution in [0.2, 0.25) is 5.02 Å². The number of hydrogen-bond donors (Lipinski definition) is 3. The molecule has 0 aliphatic heterocycles. The highest BCUT2D eigenvalue weighted by molar-refractivity contribution is 9.10. The Labute approximate surface area is 137 Å². The molecule has 1 atom stereocenters. The number of benzene rings is 2. The van der Waals surface area contributed by atoms with Crippen molar-refractivity contribution in [3.05, 3.63) is 61.2 Å². The van der Waals surface area contributed by atoms with Gasteiger partial charge in [-0.05, 0) is 45.8 Å². The molecule has 20 heavy (non-hydrogen) atoms. The van der Waals surface area contributed by atoms with Crippen molar-refractivity contribution in [3.8, 4) is 0 Å². The second kappa shape index (κ2) is 6.41. The first kappa shape index (κ1) is 15.7. The molecule has 0 radical (unpaired) electrons. The number of rotatable bonds is 3. The van der Waals surface area contributed by atoms with Gasteiger partial charge in [-0.3, -0.25) is 5.84 Å². The van der Waals surface area contributed by atoms with E-state index in [1.54, 1.807) is 30.3 Å². The van der Waals surface area contributed by atoms with Crippen molar-refractivity contribution < 1.29 is 4.39 Å². The van der Waals surface area contributed by atoms with Crippen LogP contribution < -0.4 is 17.0 Å². The quantitative estimate of drug-likeness (QED) is 0.301. The van der Waals surface area contributed by atoms with Gasteiger partial charge in [0.15, 0.2) is 0 Å². The van der Waals surface area contributed by atoms with Gasteiger partial charge in [0, 0.05) is 20.2 Å². The zero-order valence-corrected chi connectivity index (χ0v) is 14.1. The summed E-state index contributed by atoms with van der Waals surface area (Å²) in [4.78, 5) is 0. The molecule has 3 nitrogen and oxygen atoms in total. The number of hydrogen-bond acceptors (Lipinski definition) is 3. The van der Waals surface area contributed by atoms with Crippen molar-refractivity contribution in [3.63, 3.8) is 0 Å². The van der Waals surface area contributed by atoms with Gasteiger partial charge in [0.25, 0.3) is 0 Å². The lowest BCUT2D eigenvalue weighted by molar-refractivity contribution is 0.560. The van der Waals surface area contributed by atoms with Gasteiger partial charge in [-0.2, -0.15) is 0 Å². The molecular formula is C13H11Br2ClFN3. The summed E-state index contributed by atoms with van der Waals surface area (Å²) < 4.78 is 15.6. The van der Waals surface area contributed by atoms with E-state index in [4.69, 9.17) is 23.2 Å². The summed E-state index contributed by atoms with van der Waals surface area (Å²) >= 11 is 12.4. The van der Waals surface area contributed by atoms with Crippen LogP contribution in [0.1, 0.15) is 17.2 Å². The molecule has 7 heteroatoms. The van der Waals surface area contributed by atoms with E-state index in [1.165, 1.54) is 0 Å². The number of nitrogens with one attached hydrogen (secondary N) is 1. The van der Waals surface area contributed by atoms with Crippen LogP contribution in [0, 0.1) is 5.82 Å². The average molecular weight is 424 g/mol. The lowest BCUT2D eigenvalue weighted by Gasteiger charge is -2.20. The van der Waals surface area contributed by atoms with Crippen molar-refractivity contribution in [2.24, 2.45) is 5.84 Å². The molecular weight excluding hydrogens is 412 g/mol. The lowest BCUT2D eigenvalue weighted by Crippen LogP contribution is -2.30. The Morgan fingerprint density at radius 1 is 1.15 bits per heavy atom. The van der Waals surface area contributed by atoms with Crippen LogP contribution in [0.5, 0.6) is 0 Å². The first-order chi connectivity index (χ1) is 9.45. The third kappa shape index (κ3) is 2.99. The van der Waals surface area contributed by atoms with Crippen LogP contribution in [-0.2, 0) is 0 Å². The second-order valence-electron chi connectivity index (χ2n) is 4.14. The molecule has 0 saturated carbocycles. The number of anilines is 1. The molecule has 0 aromatic heterocycles. The molecule has 0 fully saturated rings. The maximum absolute atomic E-state index is 14.3. The summed E-state index contributed by atoms with van der Waals surface area (Å²) in [6.07, 6.45) is 0. The highest BCUT2D eigenvalue weighted by Crippen LogP contribution is 2.35. The van der Waals surface area contributed by atoms with Crippen LogP contribution in [-0.4, -0.2) is 0 Å². The van der Waals surface area contributed by atoms with Gasteiger partial charge in [-0.1, -0.05) is 33.6 Å². The fraction of sp³-hybridized carbons (Fsp3) is 0.0769. The van der Waals surface area contributed by atoms with Crippen LogP contribution in [0.25, 0.3) is 0 Å². The molecule has 0 bridgehead atoms. The Balaban J connectivity index is 2.58. The van der Waals surface area contributed by atoms with Gasteiger partial charge < -0.3 is 5.73 Å². The largest absolute Gasteiger partial charge is 0.398 e. The van der Waals surface area contributed by atoms with Crippen molar-refractivity contribution >= 4 is 49.1 Å². The normalized spacial score (nSPS) is 12.4. The molecule has 0 saturated heterocycles. The molecule has 0 heterocycles. The lowest BCUT2D eigenvalue weighted by atomic mass is 9.97. The molecule has 5 N–H and O–H groups in total. The molecule has 0 aliphatic carbocycles. The zero-order valence-electron chi connectivity index (χ0n) is 10.1. The van der Waals surface area contributed by atoms with Crippen molar-refractivity contribution in [2.45, 2.75) is 6.04 Å². The Bertz CT molecular complexity index is 652. The third-order valence-corrected chi connectivity index (χ3v) is 4.65. The maximum atomic E-state index is 14.3. The minimum atomic E-state index is -0.599. The summed E-state index contributed by atoms with van der Waals surface area (Å²) in [7, 11) is 0. The molecule has 106 valence electrons. The van der Waals surface area contributed by atoms with E-state index >= 15 is 0 Å². The number of hydrazine groups is 1. The van der Waals surface area contributed by atoms with Crippen LogP contribution in [0.4, 0.5) is 10.1 Å². The monoisotopic (exact) mass is 421 g/mol. The van der Waals surface area contributed by atoms with Gasteiger partial charge in [-0.15, -0.1) is 0 Å². The van der Waals surface area contributed by atoms with E-state index < -0.39 is 11.9 Å². The van der Waals surface area contributed by atoms with Crippen LogP contribution in [0.3, 0.4) is 0 Å². The Morgan fingerprint density at radius 2 is 1.85 bits per heavy atom. The highest BCUT2D eigenvalue weighted by Gasteiger charge is 2.21. The summed E-state index contributed by atoms with van der Waals surface area (Å²) in [6.45, 7) is 0. The second-order valence-corrected chi connectivity index (χ2v) is 6.29. The molecule has 2 aromatic rings. The van der Waals surface area contributed by atoms with E-state index in [0.717, 1.165) is 4.47 Å². The standard InChI is InChI=1S/C13H11Br2ClFN3/c14-6-1-4-10(18)8(5-6)13(20-19)7-2-3-9(15)11(16)12(7)17/h1-5,13,20H,18-19H2. The fourth-order valence-corrected chi connectivity index (χ4v) is 2.76. The summed E-state index contributed by atoms with van der Waals surface area (Å²) in [5, 5.41) is 0.0105. The maximum Gasteiger partial charge on any atom is 0.148 e. The van der Waals surface area contributed by atoms with E-state index in [9.17, 15) is 4.39 Å². The summed E-state index contributed by atoms with van der Waals surface area (Å²) in [5.74, 6) is 5.03. The number of nitrogen functional groups attached to an aromatic ring is 1. The highest BCUT2D eigenvalue weighted by atomic mass is 79.9. The van der Waals surface area contributed by atoms with E-state index in [0.29, 0.717) is 21.3 Å². The summed E-state index contributed by atoms with van der Waals surface area (Å²) in [6, 6.07) is 7.99. The van der Waals surface area contributed by atoms with E-state index in [-0.39, 0.29) is 5.02 Å². The van der Waals surface area contributed by atoms with E-state index in [2.05, 4.69) is 37.3 Å². The van der Waals surface area contributed by atoms with Gasteiger partial charge in [0.05, 0.1) is 11.1 Å². The SMILES string of the molecule is NNC(c1cc(Br)ccc1N)c1ccc(Br)c(Cl)c1F. The minimum absolute atomic E-state index is 0.0105. The molecule has 2 rings (SSSR count). The predicted octanol–water partition coefficient (Wildman–Crippen LogP) is 4.14. The fourth-order valence-electron chi connectivity index (χ4n) is 1.91. The van der Waals surface area contributed by atoms with Crippen molar-refractivity contribution in [1.29, 1.82) is 0 Å². The number of halogens is 4. The molecule has 0 aliphatic rings. The van der Waals surface area contributed by atoms with Gasteiger partial charge in [0.1, 0.15) is 5.82 Å². The van der Waals surface area contributed by atoms with Crippen molar-refractivity contribution in [2.75, 3.05) is 5.73 Å². The number of nitrogens with two attached hydrogens (primary N) is 2. The van der Waals surface area contributed by atoms with E-state index in [1.807, 2.05) is 0 Å². The first-order valence-electron chi connectivity index (χ1n) is 5.60. The zero-order chi connectivity index (χ0) is 14.9.